The molecule has 20 heavy (non-hydrogen) atoms. The molecule has 110 valence electrons. The lowest BCUT2D eigenvalue weighted by Crippen LogP contribution is -2.40. The number of amides is 1. The maximum Gasteiger partial charge on any atom is 0.331 e. The summed E-state index contributed by atoms with van der Waals surface area (Å²) in [7, 11) is 1.33. The first kappa shape index (κ1) is 15.7. The van der Waals surface area contributed by atoms with Gasteiger partial charge < -0.3 is 10.4 Å². The Morgan fingerprint density at radius 1 is 1.40 bits per heavy atom. The second-order valence-electron chi connectivity index (χ2n) is 4.50. The third-order valence-electron chi connectivity index (χ3n) is 2.90. The van der Waals surface area contributed by atoms with E-state index >= 15 is 0 Å². The Labute approximate surface area is 114 Å². The zero-order chi connectivity index (χ0) is 15.3. The van der Waals surface area contributed by atoms with E-state index in [1.165, 1.54) is 19.3 Å². The van der Waals surface area contributed by atoms with Gasteiger partial charge in [0.25, 0.3) is 5.56 Å². The van der Waals surface area contributed by atoms with Gasteiger partial charge in [-0.05, 0) is 6.42 Å². The van der Waals surface area contributed by atoms with Crippen LogP contribution < -0.4 is 16.6 Å². The monoisotopic (exact) mass is 283 g/mol. The van der Waals surface area contributed by atoms with Crippen LogP contribution in [0, 0.1) is 5.92 Å². The summed E-state index contributed by atoms with van der Waals surface area (Å²) < 4.78 is 2.01. The Morgan fingerprint density at radius 3 is 2.65 bits per heavy atom. The Morgan fingerprint density at radius 2 is 2.05 bits per heavy atom. The predicted molar refractivity (Wildman–Crippen MR) is 70.4 cm³/mol. The minimum Gasteiger partial charge on any atom is -0.481 e. The molecule has 1 aromatic rings. The summed E-state index contributed by atoms with van der Waals surface area (Å²) in [5.74, 6) is -1.88. The van der Waals surface area contributed by atoms with Gasteiger partial charge in [-0.15, -0.1) is 0 Å². The van der Waals surface area contributed by atoms with Crippen LogP contribution in [0.4, 0.5) is 0 Å². The summed E-state index contributed by atoms with van der Waals surface area (Å²) in [6.07, 6.45) is 1.56. The van der Waals surface area contributed by atoms with Gasteiger partial charge in [0.2, 0.25) is 5.91 Å². The molecule has 1 atom stereocenters. The van der Waals surface area contributed by atoms with Crippen LogP contribution in [0.3, 0.4) is 0 Å². The van der Waals surface area contributed by atoms with Gasteiger partial charge in [-0.25, -0.2) is 4.79 Å². The van der Waals surface area contributed by atoms with Crippen molar-refractivity contribution in [3.8, 4) is 0 Å². The van der Waals surface area contributed by atoms with Gasteiger partial charge in [0.1, 0.15) is 6.54 Å². The molecular weight excluding hydrogens is 266 g/mol. The highest BCUT2D eigenvalue weighted by Gasteiger charge is 2.11. The van der Waals surface area contributed by atoms with E-state index in [-0.39, 0.29) is 13.1 Å². The minimum atomic E-state index is -0.923. The van der Waals surface area contributed by atoms with E-state index in [9.17, 15) is 19.2 Å². The van der Waals surface area contributed by atoms with Crippen LogP contribution in [0.25, 0.3) is 0 Å². The summed E-state index contributed by atoms with van der Waals surface area (Å²) in [5, 5.41) is 11.2. The Hall–Kier alpha value is -2.38. The van der Waals surface area contributed by atoms with E-state index in [0.29, 0.717) is 6.42 Å². The van der Waals surface area contributed by atoms with Gasteiger partial charge >= 0.3 is 11.7 Å². The molecule has 1 rings (SSSR count). The average Bonchev–Trinajstić information content (AvgIpc) is 2.39. The van der Waals surface area contributed by atoms with Crippen LogP contribution in [0.5, 0.6) is 0 Å². The highest BCUT2D eigenvalue weighted by Crippen LogP contribution is 1.99. The van der Waals surface area contributed by atoms with E-state index in [2.05, 4.69) is 5.32 Å². The molecule has 1 amide bonds. The van der Waals surface area contributed by atoms with E-state index in [4.69, 9.17) is 5.11 Å². The average molecular weight is 283 g/mol. The minimum absolute atomic E-state index is 0.214. The number of rotatable bonds is 6. The highest BCUT2D eigenvalue weighted by molar-refractivity contribution is 5.75. The maximum atomic E-state index is 11.7. The third kappa shape index (κ3) is 4.08. The molecule has 0 aliphatic carbocycles. The number of carboxylic acid groups (broad SMARTS) is 1. The number of hydrogen-bond acceptors (Lipinski definition) is 4. The lowest BCUT2D eigenvalue weighted by atomic mass is 10.1. The van der Waals surface area contributed by atoms with Crippen LogP contribution in [-0.4, -0.2) is 32.7 Å². The first-order chi connectivity index (χ1) is 9.32. The Kier molecular flexibility index (Phi) is 5.24. The van der Waals surface area contributed by atoms with E-state index in [1.807, 2.05) is 0 Å². The second-order valence-corrected chi connectivity index (χ2v) is 4.50. The zero-order valence-corrected chi connectivity index (χ0v) is 11.3. The molecule has 8 nitrogen and oxygen atoms in total. The van der Waals surface area contributed by atoms with Crippen molar-refractivity contribution in [1.29, 1.82) is 0 Å². The van der Waals surface area contributed by atoms with Crippen LogP contribution in [0.1, 0.15) is 13.3 Å². The van der Waals surface area contributed by atoms with Crippen LogP contribution in [0.15, 0.2) is 21.9 Å². The van der Waals surface area contributed by atoms with Gasteiger partial charge in [-0.2, -0.15) is 0 Å². The van der Waals surface area contributed by atoms with Crippen molar-refractivity contribution in [3.05, 3.63) is 33.1 Å². The predicted octanol–water partition coefficient (Wildman–Crippen LogP) is -1.23. The normalized spacial score (nSPS) is 11.9. The van der Waals surface area contributed by atoms with Crippen molar-refractivity contribution in [3.63, 3.8) is 0 Å². The number of nitrogens with zero attached hydrogens (tertiary/aromatic N) is 2. The van der Waals surface area contributed by atoms with Crippen LogP contribution in [-0.2, 0) is 23.2 Å². The van der Waals surface area contributed by atoms with Crippen molar-refractivity contribution >= 4 is 11.9 Å². The van der Waals surface area contributed by atoms with Crippen LogP contribution >= 0.6 is 0 Å². The first-order valence-corrected chi connectivity index (χ1v) is 6.09. The number of hydrogen-bond donors (Lipinski definition) is 2. The Balaban J connectivity index is 2.56. The summed E-state index contributed by atoms with van der Waals surface area (Å²) in [4.78, 5) is 45.0. The molecule has 1 aromatic heterocycles. The van der Waals surface area contributed by atoms with Gasteiger partial charge in [0.15, 0.2) is 0 Å². The quantitative estimate of drug-likeness (QED) is 0.679. The number of carbonyl (C=O) groups excluding carboxylic acids is 1. The molecule has 1 unspecified atom stereocenters. The van der Waals surface area contributed by atoms with Crippen LogP contribution in [0.2, 0.25) is 0 Å². The lowest BCUT2D eigenvalue weighted by Gasteiger charge is -2.09. The summed E-state index contributed by atoms with van der Waals surface area (Å²) in [6.45, 7) is 1.55. The summed E-state index contributed by atoms with van der Waals surface area (Å²) in [6, 6.07) is 1.20. The maximum absolute atomic E-state index is 11.7. The summed E-state index contributed by atoms with van der Waals surface area (Å²) >= 11 is 0. The van der Waals surface area contributed by atoms with E-state index < -0.39 is 29.0 Å². The van der Waals surface area contributed by atoms with E-state index in [1.54, 1.807) is 6.92 Å². The van der Waals surface area contributed by atoms with Gasteiger partial charge in [-0.3, -0.25) is 23.5 Å². The molecule has 1 heterocycles. The molecule has 0 aliphatic heterocycles. The molecule has 0 bridgehead atoms. The van der Waals surface area contributed by atoms with Crippen molar-refractivity contribution in [2.24, 2.45) is 13.0 Å². The summed E-state index contributed by atoms with van der Waals surface area (Å²) in [5.41, 5.74) is -1.02. The molecule has 0 fully saturated rings. The Bertz CT molecular complexity index is 616. The van der Waals surface area contributed by atoms with Gasteiger partial charge in [0, 0.05) is 25.9 Å². The van der Waals surface area contributed by atoms with Gasteiger partial charge in [-0.1, -0.05) is 6.92 Å². The van der Waals surface area contributed by atoms with E-state index in [0.717, 1.165) is 9.13 Å². The molecule has 0 spiro atoms. The largest absolute Gasteiger partial charge is 0.481 e. The number of aliphatic carboxylic acids is 1. The SMILES string of the molecule is CC(CCNC(=O)Cn1ccc(=O)n(C)c1=O)C(=O)O. The molecule has 0 saturated carbocycles. The van der Waals surface area contributed by atoms with Crippen molar-refractivity contribution in [1.82, 2.24) is 14.5 Å². The van der Waals surface area contributed by atoms with Gasteiger partial charge in [0.05, 0.1) is 5.92 Å². The topological polar surface area (TPSA) is 110 Å². The number of nitrogens with one attached hydrogen (secondary N) is 1. The smallest absolute Gasteiger partial charge is 0.331 e. The molecule has 0 radical (unpaired) electrons. The number of carbonyl (C=O) groups is 2. The molecule has 0 saturated heterocycles. The second kappa shape index (κ2) is 6.69. The lowest BCUT2D eigenvalue weighted by molar-refractivity contribution is -0.141. The van der Waals surface area contributed by atoms with Crippen molar-refractivity contribution in [2.45, 2.75) is 19.9 Å². The number of aromatic nitrogens is 2. The molecule has 8 heteroatoms. The molecular formula is C12H17N3O5. The first-order valence-electron chi connectivity index (χ1n) is 6.09. The molecule has 0 aliphatic rings. The molecule has 0 aromatic carbocycles. The fraction of sp³-hybridized carbons (Fsp3) is 0.500. The zero-order valence-electron chi connectivity index (χ0n) is 11.3. The fourth-order valence-corrected chi connectivity index (χ4v) is 1.50. The van der Waals surface area contributed by atoms with Crippen molar-refractivity contribution in [2.75, 3.05) is 6.54 Å². The number of carboxylic acids is 1. The molecule has 2 N–H and O–H groups in total. The standard InChI is InChI=1S/C12H17N3O5/c1-8(11(18)19)3-5-13-9(16)7-15-6-4-10(17)14(2)12(15)20/h4,6,8H,3,5,7H2,1-2H3,(H,13,16)(H,18,19). The van der Waals surface area contributed by atoms with Crippen molar-refractivity contribution < 1.29 is 14.7 Å². The highest BCUT2D eigenvalue weighted by atomic mass is 16.4. The fourth-order valence-electron chi connectivity index (χ4n) is 1.50. The third-order valence-corrected chi connectivity index (χ3v) is 2.90.